The van der Waals surface area contributed by atoms with Gasteiger partial charge in [-0.15, -0.1) is 0 Å². The smallest absolute Gasteiger partial charge is 0.222 e. The fraction of sp³-hybridized carbons (Fsp3) is 0.0667. The minimum absolute atomic E-state index is 0.251. The first-order valence-electron chi connectivity index (χ1n) is 6.51. The third-order valence-corrected chi connectivity index (χ3v) is 3.34. The predicted octanol–water partition coefficient (Wildman–Crippen LogP) is 2.99. The summed E-state index contributed by atoms with van der Waals surface area (Å²) in [6.45, 7) is 0. The van der Waals surface area contributed by atoms with E-state index in [-0.39, 0.29) is 5.95 Å². The van der Waals surface area contributed by atoms with Gasteiger partial charge in [-0.2, -0.15) is 0 Å². The van der Waals surface area contributed by atoms with Crippen LogP contribution < -0.4 is 10.5 Å². The SMILES string of the molecule is Nc1nccc(Cc2cccnc2Oc2ccc(Br)nc2)n1. The van der Waals surface area contributed by atoms with Crippen LogP contribution in [0.1, 0.15) is 11.3 Å². The Hall–Kier alpha value is -2.54. The largest absolute Gasteiger partial charge is 0.437 e. The molecule has 0 aliphatic rings. The van der Waals surface area contributed by atoms with Crippen LogP contribution in [0.3, 0.4) is 0 Å². The van der Waals surface area contributed by atoms with E-state index in [1.54, 1.807) is 18.6 Å². The highest BCUT2D eigenvalue weighted by atomic mass is 79.9. The molecule has 6 nitrogen and oxygen atoms in total. The number of nitrogens with zero attached hydrogens (tertiary/aromatic N) is 4. The van der Waals surface area contributed by atoms with Gasteiger partial charge < -0.3 is 10.5 Å². The van der Waals surface area contributed by atoms with E-state index in [4.69, 9.17) is 10.5 Å². The molecule has 0 radical (unpaired) electrons. The number of anilines is 1. The van der Waals surface area contributed by atoms with Crippen LogP contribution in [0.15, 0.2) is 53.5 Å². The summed E-state index contributed by atoms with van der Waals surface area (Å²) in [4.78, 5) is 16.5. The standard InChI is InChI=1S/C15H12BrN5O/c16-13-4-3-12(9-20-13)22-14-10(2-1-6-18-14)8-11-5-7-19-15(17)21-11/h1-7,9H,8H2,(H2,17,19,21). The number of hydrogen-bond donors (Lipinski definition) is 1. The quantitative estimate of drug-likeness (QED) is 0.722. The summed E-state index contributed by atoms with van der Waals surface area (Å²) in [5.41, 5.74) is 7.32. The lowest BCUT2D eigenvalue weighted by molar-refractivity contribution is 0.455. The molecule has 22 heavy (non-hydrogen) atoms. The first-order chi connectivity index (χ1) is 10.7. The first kappa shape index (κ1) is 14.4. The molecule has 3 heterocycles. The molecule has 7 heteroatoms. The van der Waals surface area contributed by atoms with Crippen LogP contribution in [0, 0.1) is 0 Å². The number of pyridine rings is 2. The molecule has 110 valence electrons. The Morgan fingerprint density at radius 1 is 1.05 bits per heavy atom. The Morgan fingerprint density at radius 3 is 2.73 bits per heavy atom. The van der Waals surface area contributed by atoms with Gasteiger partial charge in [0.25, 0.3) is 0 Å². The van der Waals surface area contributed by atoms with E-state index in [2.05, 4.69) is 35.9 Å². The zero-order chi connectivity index (χ0) is 15.4. The molecule has 0 spiro atoms. The summed E-state index contributed by atoms with van der Waals surface area (Å²) < 4.78 is 6.55. The highest BCUT2D eigenvalue weighted by molar-refractivity contribution is 9.10. The minimum Gasteiger partial charge on any atom is -0.437 e. The van der Waals surface area contributed by atoms with Crippen molar-refractivity contribution >= 4 is 21.9 Å². The van der Waals surface area contributed by atoms with Crippen molar-refractivity contribution in [2.45, 2.75) is 6.42 Å². The van der Waals surface area contributed by atoms with Crippen LogP contribution in [0.4, 0.5) is 5.95 Å². The van der Waals surface area contributed by atoms with Crippen LogP contribution in [-0.4, -0.2) is 19.9 Å². The topological polar surface area (TPSA) is 86.8 Å². The average Bonchev–Trinajstić information content (AvgIpc) is 2.51. The Balaban J connectivity index is 1.85. The monoisotopic (exact) mass is 357 g/mol. The van der Waals surface area contributed by atoms with Crippen LogP contribution in [-0.2, 0) is 6.42 Å². The maximum atomic E-state index is 5.80. The van der Waals surface area contributed by atoms with E-state index >= 15 is 0 Å². The van der Waals surface area contributed by atoms with Gasteiger partial charge in [-0.25, -0.2) is 19.9 Å². The van der Waals surface area contributed by atoms with Crippen LogP contribution in [0.25, 0.3) is 0 Å². The Bertz CT molecular complexity index is 779. The van der Waals surface area contributed by atoms with Gasteiger partial charge in [0.15, 0.2) is 0 Å². The third-order valence-electron chi connectivity index (χ3n) is 2.87. The molecule has 0 saturated carbocycles. The molecule has 0 saturated heterocycles. The molecule has 3 aromatic rings. The number of aromatic nitrogens is 4. The van der Waals surface area contributed by atoms with Crippen molar-refractivity contribution in [1.82, 2.24) is 19.9 Å². The van der Waals surface area contributed by atoms with Crippen molar-refractivity contribution in [3.05, 3.63) is 64.8 Å². The van der Waals surface area contributed by atoms with Gasteiger partial charge in [-0.05, 0) is 40.2 Å². The van der Waals surface area contributed by atoms with Gasteiger partial charge in [0.1, 0.15) is 10.4 Å². The molecule has 2 N–H and O–H groups in total. The molecular weight excluding hydrogens is 346 g/mol. The number of nitrogen functional groups attached to an aromatic ring is 1. The molecular formula is C15H12BrN5O. The summed E-state index contributed by atoms with van der Waals surface area (Å²) >= 11 is 3.29. The number of halogens is 1. The normalized spacial score (nSPS) is 10.4. The van der Waals surface area contributed by atoms with E-state index < -0.39 is 0 Å². The maximum absolute atomic E-state index is 5.80. The van der Waals surface area contributed by atoms with Crippen molar-refractivity contribution in [2.24, 2.45) is 0 Å². The second-order valence-electron chi connectivity index (χ2n) is 4.47. The maximum Gasteiger partial charge on any atom is 0.222 e. The molecule has 0 amide bonds. The predicted molar refractivity (Wildman–Crippen MR) is 85.5 cm³/mol. The molecule has 0 aliphatic carbocycles. The Kier molecular flexibility index (Phi) is 4.24. The van der Waals surface area contributed by atoms with Gasteiger partial charge in [0.05, 0.1) is 11.9 Å². The highest BCUT2D eigenvalue weighted by Crippen LogP contribution is 2.24. The fourth-order valence-electron chi connectivity index (χ4n) is 1.89. The zero-order valence-corrected chi connectivity index (χ0v) is 13.1. The molecule has 0 aromatic carbocycles. The van der Waals surface area contributed by atoms with Gasteiger partial charge in [0, 0.05) is 24.4 Å². The van der Waals surface area contributed by atoms with E-state index in [0.29, 0.717) is 18.1 Å². The average molecular weight is 358 g/mol. The van der Waals surface area contributed by atoms with Gasteiger partial charge in [-0.3, -0.25) is 0 Å². The lowest BCUT2D eigenvalue weighted by Crippen LogP contribution is -2.01. The van der Waals surface area contributed by atoms with Crippen molar-refractivity contribution in [1.29, 1.82) is 0 Å². The molecule has 0 atom stereocenters. The number of rotatable bonds is 4. The van der Waals surface area contributed by atoms with Gasteiger partial charge >= 0.3 is 0 Å². The molecule has 0 unspecified atom stereocenters. The molecule has 0 bridgehead atoms. The third kappa shape index (κ3) is 3.56. The molecule has 3 rings (SSSR count). The Morgan fingerprint density at radius 2 is 1.95 bits per heavy atom. The second kappa shape index (κ2) is 6.48. The summed E-state index contributed by atoms with van der Waals surface area (Å²) in [6.07, 6.45) is 5.50. The summed E-state index contributed by atoms with van der Waals surface area (Å²) in [6, 6.07) is 9.23. The van der Waals surface area contributed by atoms with Gasteiger partial charge in [-0.1, -0.05) is 6.07 Å². The molecule has 0 fully saturated rings. The molecule has 0 aliphatic heterocycles. The van der Waals surface area contributed by atoms with Crippen LogP contribution in [0.2, 0.25) is 0 Å². The number of nitrogens with two attached hydrogens (primary N) is 1. The zero-order valence-electron chi connectivity index (χ0n) is 11.5. The molecule has 3 aromatic heterocycles. The van der Waals surface area contributed by atoms with Gasteiger partial charge in [0.2, 0.25) is 11.8 Å². The van der Waals surface area contributed by atoms with E-state index in [1.807, 2.05) is 30.3 Å². The van der Waals surface area contributed by atoms with Crippen molar-refractivity contribution < 1.29 is 4.74 Å². The lowest BCUT2D eigenvalue weighted by Gasteiger charge is -2.09. The van der Waals surface area contributed by atoms with E-state index in [1.165, 1.54) is 0 Å². The van der Waals surface area contributed by atoms with Crippen molar-refractivity contribution in [2.75, 3.05) is 5.73 Å². The summed E-state index contributed by atoms with van der Waals surface area (Å²) in [5, 5.41) is 0. The van der Waals surface area contributed by atoms with E-state index in [0.717, 1.165) is 15.9 Å². The minimum atomic E-state index is 0.251. The highest BCUT2D eigenvalue weighted by Gasteiger charge is 2.08. The van der Waals surface area contributed by atoms with Crippen LogP contribution in [0.5, 0.6) is 11.6 Å². The number of hydrogen-bond acceptors (Lipinski definition) is 6. The summed E-state index contributed by atoms with van der Waals surface area (Å²) in [5.74, 6) is 1.38. The van der Waals surface area contributed by atoms with Crippen molar-refractivity contribution in [3.63, 3.8) is 0 Å². The number of ether oxygens (including phenoxy) is 1. The fourth-order valence-corrected chi connectivity index (χ4v) is 2.13. The van der Waals surface area contributed by atoms with E-state index in [9.17, 15) is 0 Å². The Labute approximate surface area is 135 Å². The van der Waals surface area contributed by atoms with Crippen LogP contribution >= 0.6 is 15.9 Å². The summed E-state index contributed by atoms with van der Waals surface area (Å²) in [7, 11) is 0. The lowest BCUT2D eigenvalue weighted by atomic mass is 10.1. The second-order valence-corrected chi connectivity index (χ2v) is 5.28. The first-order valence-corrected chi connectivity index (χ1v) is 7.31. The van der Waals surface area contributed by atoms with Crippen molar-refractivity contribution in [3.8, 4) is 11.6 Å².